The molecule has 0 saturated carbocycles. The van der Waals surface area contributed by atoms with Crippen molar-refractivity contribution in [3.63, 3.8) is 0 Å². The van der Waals surface area contributed by atoms with Gasteiger partial charge in [0.2, 0.25) is 0 Å². The summed E-state index contributed by atoms with van der Waals surface area (Å²) < 4.78 is 0. The van der Waals surface area contributed by atoms with E-state index in [9.17, 15) is 0 Å². The summed E-state index contributed by atoms with van der Waals surface area (Å²) in [7, 11) is 0. The Morgan fingerprint density at radius 3 is 0.767 bits per heavy atom. The normalized spacial score (nSPS) is 11.9. The van der Waals surface area contributed by atoms with Crippen LogP contribution in [0.2, 0.25) is 0 Å². The first-order valence-electron chi connectivity index (χ1n) is 12.9. The lowest BCUT2D eigenvalue weighted by molar-refractivity contribution is 0.258. The van der Waals surface area contributed by atoms with Crippen LogP contribution >= 0.6 is 0 Å². The van der Waals surface area contributed by atoms with Gasteiger partial charge < -0.3 is 0 Å². The van der Waals surface area contributed by atoms with Crippen LogP contribution in [-0.2, 0) is 19.6 Å². The van der Waals surface area contributed by atoms with Crippen molar-refractivity contribution in [2.75, 3.05) is 39.3 Å². The van der Waals surface area contributed by atoms with Crippen LogP contribution in [0.5, 0.6) is 0 Å². The molecule has 0 spiro atoms. The van der Waals surface area contributed by atoms with E-state index < -0.39 is 0 Å². The van der Waals surface area contributed by atoms with Crippen molar-refractivity contribution in [3.05, 3.63) is 34.9 Å². The number of nitrogens with zero attached hydrogens (tertiary/aromatic N) is 3. The minimum absolute atomic E-state index is 1.09. The zero-order valence-corrected chi connectivity index (χ0v) is 21.2. The first-order chi connectivity index (χ1) is 14.6. The molecule has 3 heteroatoms. The van der Waals surface area contributed by atoms with E-state index >= 15 is 0 Å². The van der Waals surface area contributed by atoms with Crippen LogP contribution in [0, 0.1) is 0 Å². The van der Waals surface area contributed by atoms with E-state index in [-0.39, 0.29) is 0 Å². The van der Waals surface area contributed by atoms with Crippen LogP contribution in [0.15, 0.2) is 18.2 Å². The highest BCUT2D eigenvalue weighted by atomic mass is 15.1. The molecule has 0 fully saturated rings. The van der Waals surface area contributed by atoms with Crippen LogP contribution in [-0.4, -0.2) is 54.0 Å². The Kier molecular flexibility index (Phi) is 15.2. The third-order valence-corrected chi connectivity index (χ3v) is 5.57. The zero-order chi connectivity index (χ0) is 22.2. The molecule has 0 heterocycles. The molecule has 0 N–H and O–H groups in total. The number of hydrogen-bond donors (Lipinski definition) is 0. The Bertz CT molecular complexity index is 436. The van der Waals surface area contributed by atoms with Crippen molar-refractivity contribution in [1.82, 2.24) is 14.7 Å². The fourth-order valence-electron chi connectivity index (χ4n) is 4.59. The number of benzene rings is 1. The van der Waals surface area contributed by atoms with E-state index in [1.165, 1.54) is 94.5 Å². The van der Waals surface area contributed by atoms with Crippen LogP contribution in [0.3, 0.4) is 0 Å². The zero-order valence-electron chi connectivity index (χ0n) is 21.2. The van der Waals surface area contributed by atoms with E-state index in [1.807, 2.05) is 0 Å². The van der Waals surface area contributed by atoms with Crippen LogP contribution in [0.25, 0.3) is 0 Å². The van der Waals surface area contributed by atoms with E-state index in [2.05, 4.69) is 74.4 Å². The largest absolute Gasteiger partial charge is 0.299 e. The molecule has 0 aromatic heterocycles. The Hall–Kier alpha value is -0.900. The highest BCUT2D eigenvalue weighted by molar-refractivity contribution is 5.30. The monoisotopic (exact) mass is 417 g/mol. The third-order valence-electron chi connectivity index (χ3n) is 5.57. The van der Waals surface area contributed by atoms with Crippen LogP contribution in [0.1, 0.15) is 96.8 Å². The summed E-state index contributed by atoms with van der Waals surface area (Å²) in [5.74, 6) is 0. The summed E-state index contributed by atoms with van der Waals surface area (Å²) in [5, 5.41) is 0. The Morgan fingerprint density at radius 2 is 0.600 bits per heavy atom. The molecule has 0 unspecified atom stereocenters. The Morgan fingerprint density at radius 1 is 0.400 bits per heavy atom. The van der Waals surface area contributed by atoms with Gasteiger partial charge in [-0.05, 0) is 94.5 Å². The van der Waals surface area contributed by atoms with Gasteiger partial charge in [0.25, 0.3) is 0 Å². The Labute approximate surface area is 188 Å². The maximum Gasteiger partial charge on any atom is 0.0233 e. The molecule has 0 radical (unpaired) electrons. The molecule has 174 valence electrons. The smallest absolute Gasteiger partial charge is 0.0233 e. The first-order valence-corrected chi connectivity index (χ1v) is 12.9. The predicted molar refractivity (Wildman–Crippen MR) is 134 cm³/mol. The average Bonchev–Trinajstić information content (AvgIpc) is 2.69. The summed E-state index contributed by atoms with van der Waals surface area (Å²) in [6.07, 6.45) is 7.38. The fraction of sp³-hybridized carbons (Fsp3) is 0.778. The second-order valence-electron chi connectivity index (χ2n) is 8.99. The molecule has 0 amide bonds. The fourth-order valence-corrected chi connectivity index (χ4v) is 4.59. The van der Waals surface area contributed by atoms with E-state index in [0.717, 1.165) is 19.6 Å². The first kappa shape index (κ1) is 27.1. The number of hydrogen-bond acceptors (Lipinski definition) is 3. The van der Waals surface area contributed by atoms with Gasteiger partial charge in [-0.3, -0.25) is 14.7 Å². The molecule has 1 aromatic rings. The highest BCUT2D eigenvalue weighted by Gasteiger charge is 2.12. The van der Waals surface area contributed by atoms with Gasteiger partial charge in [-0.15, -0.1) is 0 Å². The molecule has 1 aromatic carbocycles. The summed E-state index contributed by atoms with van der Waals surface area (Å²) >= 11 is 0. The summed E-state index contributed by atoms with van der Waals surface area (Å²) in [6, 6.07) is 7.47. The third kappa shape index (κ3) is 10.9. The molecular formula is C27H51N3. The maximum absolute atomic E-state index is 2.63. The van der Waals surface area contributed by atoms with Crippen LogP contribution < -0.4 is 0 Å². The lowest BCUT2D eigenvalue weighted by atomic mass is 10.0. The van der Waals surface area contributed by atoms with Crippen molar-refractivity contribution in [2.45, 2.75) is 99.7 Å². The standard InChI is InChI=1S/C27H51N3/c1-7-13-28(14-8-2)22-25-19-26(23-29(15-9-3)16-10-4)21-27(20-25)24-30(17-11-5)18-12-6/h19-21H,7-18,22-24H2,1-6H3. The van der Waals surface area contributed by atoms with Gasteiger partial charge in [-0.2, -0.15) is 0 Å². The molecule has 0 atom stereocenters. The topological polar surface area (TPSA) is 9.72 Å². The molecule has 0 aliphatic rings. The second kappa shape index (κ2) is 16.8. The Balaban J connectivity index is 3.11. The van der Waals surface area contributed by atoms with Crippen molar-refractivity contribution in [1.29, 1.82) is 0 Å². The van der Waals surface area contributed by atoms with Gasteiger partial charge in [0.1, 0.15) is 0 Å². The average molecular weight is 418 g/mol. The van der Waals surface area contributed by atoms with Gasteiger partial charge >= 0.3 is 0 Å². The second-order valence-corrected chi connectivity index (χ2v) is 8.99. The van der Waals surface area contributed by atoms with Gasteiger partial charge in [0.15, 0.2) is 0 Å². The van der Waals surface area contributed by atoms with Gasteiger partial charge in [0.05, 0.1) is 0 Å². The highest BCUT2D eigenvalue weighted by Crippen LogP contribution is 2.18. The summed E-state index contributed by atoms with van der Waals surface area (Å²) in [5.41, 5.74) is 4.51. The SMILES string of the molecule is CCCN(CCC)Cc1cc(CN(CCC)CCC)cc(CN(CCC)CCC)c1. The van der Waals surface area contributed by atoms with Gasteiger partial charge in [-0.25, -0.2) is 0 Å². The molecule has 3 nitrogen and oxygen atoms in total. The molecular weight excluding hydrogens is 366 g/mol. The van der Waals surface area contributed by atoms with E-state index in [1.54, 1.807) is 0 Å². The maximum atomic E-state index is 2.63. The lowest BCUT2D eigenvalue weighted by Crippen LogP contribution is -2.27. The predicted octanol–water partition coefficient (Wildman–Crippen LogP) is 6.55. The summed E-state index contributed by atoms with van der Waals surface area (Å²) in [6.45, 7) is 24.2. The van der Waals surface area contributed by atoms with Crippen molar-refractivity contribution >= 4 is 0 Å². The molecule has 0 saturated heterocycles. The van der Waals surface area contributed by atoms with Crippen molar-refractivity contribution in [2.24, 2.45) is 0 Å². The molecule has 0 aliphatic carbocycles. The van der Waals surface area contributed by atoms with Crippen LogP contribution in [0.4, 0.5) is 0 Å². The van der Waals surface area contributed by atoms with E-state index in [4.69, 9.17) is 0 Å². The number of rotatable bonds is 18. The quantitative estimate of drug-likeness (QED) is 0.268. The molecule has 30 heavy (non-hydrogen) atoms. The van der Waals surface area contributed by atoms with Crippen molar-refractivity contribution in [3.8, 4) is 0 Å². The molecule has 1 rings (SSSR count). The molecule has 0 aliphatic heterocycles. The van der Waals surface area contributed by atoms with Gasteiger partial charge in [-0.1, -0.05) is 59.7 Å². The molecule has 0 bridgehead atoms. The summed E-state index contributed by atoms with van der Waals surface area (Å²) in [4.78, 5) is 7.90. The van der Waals surface area contributed by atoms with E-state index in [0.29, 0.717) is 0 Å². The van der Waals surface area contributed by atoms with Gasteiger partial charge in [0, 0.05) is 19.6 Å². The van der Waals surface area contributed by atoms with Crippen molar-refractivity contribution < 1.29 is 0 Å². The minimum atomic E-state index is 1.09. The minimum Gasteiger partial charge on any atom is -0.299 e. The lowest BCUT2D eigenvalue weighted by Gasteiger charge is -2.26.